The molecule has 1 aliphatic rings. The van der Waals surface area contributed by atoms with Crippen molar-refractivity contribution in [2.45, 2.75) is 32.2 Å². The molecule has 0 aliphatic carbocycles. The predicted octanol–water partition coefficient (Wildman–Crippen LogP) is 5.33. The lowest BCUT2D eigenvalue weighted by atomic mass is 10.1. The van der Waals surface area contributed by atoms with Crippen LogP contribution in [-0.2, 0) is 11.3 Å². The van der Waals surface area contributed by atoms with Gasteiger partial charge in [0.05, 0.1) is 17.6 Å². The summed E-state index contributed by atoms with van der Waals surface area (Å²) in [5, 5.41) is 0. The van der Waals surface area contributed by atoms with Gasteiger partial charge in [0.1, 0.15) is 11.6 Å². The molecule has 5 nitrogen and oxygen atoms in total. The third kappa shape index (κ3) is 4.11. The molecule has 1 fully saturated rings. The van der Waals surface area contributed by atoms with E-state index in [1.807, 2.05) is 65.6 Å². The third-order valence-electron chi connectivity index (χ3n) is 6.03. The average Bonchev–Trinajstić information content (AvgIpc) is 3.38. The number of nitrogens with zero attached hydrogens (tertiary/aromatic N) is 3. The maximum absolute atomic E-state index is 12.8. The van der Waals surface area contributed by atoms with E-state index in [-0.39, 0.29) is 11.8 Å². The fourth-order valence-corrected chi connectivity index (χ4v) is 4.50. The van der Waals surface area contributed by atoms with Gasteiger partial charge in [0.25, 0.3) is 0 Å². The molecule has 1 aromatic heterocycles. The van der Waals surface area contributed by atoms with Crippen molar-refractivity contribution >= 4 is 22.6 Å². The van der Waals surface area contributed by atoms with Gasteiger partial charge in [0.2, 0.25) is 5.91 Å². The fourth-order valence-electron chi connectivity index (χ4n) is 4.50. The summed E-state index contributed by atoms with van der Waals surface area (Å²) in [5.41, 5.74) is 4.24. The number of carbonyl (C=O) groups is 1. The first-order valence-corrected chi connectivity index (χ1v) is 11.2. The largest absolute Gasteiger partial charge is 0.494 e. The van der Waals surface area contributed by atoms with Gasteiger partial charge in [-0.15, -0.1) is 0 Å². The van der Waals surface area contributed by atoms with Gasteiger partial charge < -0.3 is 14.2 Å². The molecule has 0 radical (unpaired) electrons. The van der Waals surface area contributed by atoms with E-state index in [4.69, 9.17) is 9.72 Å². The Kier molecular flexibility index (Phi) is 5.63. The molecule has 1 aliphatic heterocycles. The number of anilines is 1. The Bertz CT molecular complexity index is 1230. The van der Waals surface area contributed by atoms with Crippen LogP contribution in [0.1, 0.15) is 30.1 Å². The van der Waals surface area contributed by atoms with Crippen molar-refractivity contribution in [2.24, 2.45) is 0 Å². The number of imidazole rings is 1. The second-order valence-electron chi connectivity index (χ2n) is 8.37. The molecular formula is C27H27N3O2. The second kappa shape index (κ2) is 8.87. The van der Waals surface area contributed by atoms with Crippen molar-refractivity contribution < 1.29 is 9.53 Å². The quantitative estimate of drug-likeness (QED) is 0.376. The van der Waals surface area contributed by atoms with Gasteiger partial charge in [0.15, 0.2) is 0 Å². The zero-order valence-electron chi connectivity index (χ0n) is 18.3. The highest BCUT2D eigenvalue weighted by atomic mass is 16.5. The van der Waals surface area contributed by atoms with Gasteiger partial charge in [-0.1, -0.05) is 42.5 Å². The maximum Gasteiger partial charge on any atom is 0.227 e. The van der Waals surface area contributed by atoms with E-state index in [1.165, 1.54) is 5.56 Å². The Morgan fingerprint density at radius 2 is 1.81 bits per heavy atom. The first-order valence-electron chi connectivity index (χ1n) is 11.2. The molecule has 0 unspecified atom stereocenters. The summed E-state index contributed by atoms with van der Waals surface area (Å²) in [6.45, 7) is 4.16. The first kappa shape index (κ1) is 20.3. The smallest absolute Gasteiger partial charge is 0.227 e. The molecule has 32 heavy (non-hydrogen) atoms. The van der Waals surface area contributed by atoms with Crippen molar-refractivity contribution in [2.75, 3.05) is 18.1 Å². The lowest BCUT2D eigenvalue weighted by Gasteiger charge is -2.17. The monoisotopic (exact) mass is 425 g/mol. The van der Waals surface area contributed by atoms with Crippen LogP contribution in [0.2, 0.25) is 0 Å². The summed E-state index contributed by atoms with van der Waals surface area (Å²) in [4.78, 5) is 19.6. The molecule has 1 saturated heterocycles. The number of rotatable bonds is 7. The normalized spacial score (nSPS) is 16.1. The van der Waals surface area contributed by atoms with Gasteiger partial charge in [-0.3, -0.25) is 4.79 Å². The lowest BCUT2D eigenvalue weighted by molar-refractivity contribution is -0.117. The molecule has 5 heteroatoms. The SMILES string of the molecule is Cc1cccc(OCCCn2c([C@H]3CC(=O)N(c4ccccc4)C3)nc3ccccc32)c1. The number of amides is 1. The summed E-state index contributed by atoms with van der Waals surface area (Å²) in [5.74, 6) is 2.13. The molecule has 1 atom stereocenters. The van der Waals surface area contributed by atoms with Crippen LogP contribution in [0.25, 0.3) is 11.0 Å². The fraction of sp³-hybridized carbons (Fsp3) is 0.259. The van der Waals surface area contributed by atoms with Crippen LogP contribution in [0.15, 0.2) is 78.9 Å². The topological polar surface area (TPSA) is 47.4 Å². The molecular weight excluding hydrogens is 398 g/mol. The van der Waals surface area contributed by atoms with Crippen LogP contribution in [0.5, 0.6) is 5.75 Å². The molecule has 0 saturated carbocycles. The van der Waals surface area contributed by atoms with Crippen molar-refractivity contribution in [3.05, 3.63) is 90.3 Å². The summed E-state index contributed by atoms with van der Waals surface area (Å²) in [6.07, 6.45) is 1.35. The van der Waals surface area contributed by atoms with Gasteiger partial charge in [-0.2, -0.15) is 0 Å². The van der Waals surface area contributed by atoms with Crippen LogP contribution < -0.4 is 9.64 Å². The van der Waals surface area contributed by atoms with Crippen LogP contribution in [0.3, 0.4) is 0 Å². The molecule has 3 aromatic carbocycles. The highest BCUT2D eigenvalue weighted by molar-refractivity contribution is 5.96. The van der Waals surface area contributed by atoms with Crippen molar-refractivity contribution in [1.29, 1.82) is 0 Å². The van der Waals surface area contributed by atoms with Crippen LogP contribution in [-0.4, -0.2) is 28.6 Å². The molecule has 162 valence electrons. The molecule has 2 heterocycles. The zero-order valence-corrected chi connectivity index (χ0v) is 18.3. The number of aromatic nitrogens is 2. The van der Waals surface area contributed by atoms with E-state index in [0.717, 1.165) is 41.3 Å². The van der Waals surface area contributed by atoms with Crippen molar-refractivity contribution in [3.8, 4) is 5.75 Å². The standard InChI is InChI=1S/C27H27N3O2/c1-20-9-7-12-23(17-20)32-16-8-15-29-25-14-6-5-13-24(25)28-27(29)21-18-26(31)30(19-21)22-10-3-2-4-11-22/h2-7,9-14,17,21H,8,15-16,18-19H2,1H3/t21-/m0/s1. The zero-order chi connectivity index (χ0) is 21.9. The van der Waals surface area contributed by atoms with Crippen molar-refractivity contribution in [3.63, 3.8) is 0 Å². The van der Waals surface area contributed by atoms with Crippen LogP contribution >= 0.6 is 0 Å². The number of aryl methyl sites for hydroxylation is 2. The van der Waals surface area contributed by atoms with E-state index in [0.29, 0.717) is 19.6 Å². The maximum atomic E-state index is 12.8. The first-order chi connectivity index (χ1) is 15.7. The highest BCUT2D eigenvalue weighted by Crippen LogP contribution is 2.33. The van der Waals surface area contributed by atoms with E-state index in [9.17, 15) is 4.79 Å². The Hall–Kier alpha value is -3.60. The number of benzene rings is 3. The van der Waals surface area contributed by atoms with Gasteiger partial charge in [0, 0.05) is 31.1 Å². The van der Waals surface area contributed by atoms with E-state index in [2.05, 4.69) is 29.7 Å². The Morgan fingerprint density at radius 3 is 2.66 bits per heavy atom. The summed E-state index contributed by atoms with van der Waals surface area (Å²) in [7, 11) is 0. The van der Waals surface area contributed by atoms with Crippen molar-refractivity contribution in [1.82, 2.24) is 9.55 Å². The highest BCUT2D eigenvalue weighted by Gasteiger charge is 2.34. The number of fused-ring (bicyclic) bond motifs is 1. The minimum absolute atomic E-state index is 0.0767. The van der Waals surface area contributed by atoms with Gasteiger partial charge in [-0.25, -0.2) is 4.98 Å². The van der Waals surface area contributed by atoms with E-state index < -0.39 is 0 Å². The molecule has 0 spiro atoms. The number of para-hydroxylation sites is 3. The van der Waals surface area contributed by atoms with Gasteiger partial charge >= 0.3 is 0 Å². The van der Waals surface area contributed by atoms with Crippen LogP contribution in [0, 0.1) is 6.92 Å². The molecule has 0 N–H and O–H groups in total. The molecule has 4 aromatic rings. The molecule has 0 bridgehead atoms. The summed E-state index contributed by atoms with van der Waals surface area (Å²) in [6, 6.07) is 26.2. The number of hydrogen-bond donors (Lipinski definition) is 0. The number of ether oxygens (including phenoxy) is 1. The van der Waals surface area contributed by atoms with E-state index in [1.54, 1.807) is 0 Å². The number of hydrogen-bond acceptors (Lipinski definition) is 3. The molecule has 1 amide bonds. The van der Waals surface area contributed by atoms with Gasteiger partial charge in [-0.05, 0) is 55.3 Å². The minimum Gasteiger partial charge on any atom is -0.494 e. The molecule has 5 rings (SSSR count). The summed E-state index contributed by atoms with van der Waals surface area (Å²) >= 11 is 0. The number of carbonyl (C=O) groups excluding carboxylic acids is 1. The third-order valence-corrected chi connectivity index (χ3v) is 6.03. The Balaban J connectivity index is 1.34. The average molecular weight is 426 g/mol. The second-order valence-corrected chi connectivity index (χ2v) is 8.37. The Labute approximate surface area is 188 Å². The predicted molar refractivity (Wildman–Crippen MR) is 127 cm³/mol. The Morgan fingerprint density at radius 1 is 1.00 bits per heavy atom. The van der Waals surface area contributed by atoms with Crippen LogP contribution in [0.4, 0.5) is 5.69 Å². The van der Waals surface area contributed by atoms with E-state index >= 15 is 0 Å². The lowest BCUT2D eigenvalue weighted by Crippen LogP contribution is -2.24. The minimum atomic E-state index is 0.0767. The summed E-state index contributed by atoms with van der Waals surface area (Å²) < 4.78 is 8.24.